The van der Waals surface area contributed by atoms with Crippen LogP contribution in [0.25, 0.3) is 0 Å². The molecule has 154 valence electrons. The van der Waals surface area contributed by atoms with E-state index in [4.69, 9.17) is 9.47 Å². The minimum absolute atomic E-state index is 0.159. The number of anilines is 1. The highest BCUT2D eigenvalue weighted by molar-refractivity contribution is 5.97. The van der Waals surface area contributed by atoms with Crippen molar-refractivity contribution in [1.29, 1.82) is 0 Å². The number of nitrogens with one attached hydrogen (secondary N) is 2. The normalized spacial score (nSPS) is 10.1. The number of hydrogen-bond donors (Lipinski definition) is 2. The smallest absolute Gasteiger partial charge is 0.306 e. The summed E-state index contributed by atoms with van der Waals surface area (Å²) < 4.78 is 10.5. The molecular weight excluding hydrogens is 372 g/mol. The maximum absolute atomic E-state index is 12.0. The molecule has 0 saturated heterocycles. The van der Waals surface area contributed by atoms with Crippen molar-refractivity contribution in [3.05, 3.63) is 59.7 Å². The van der Waals surface area contributed by atoms with Crippen LogP contribution < -0.4 is 15.4 Å². The van der Waals surface area contributed by atoms with Crippen LogP contribution in [-0.2, 0) is 14.3 Å². The van der Waals surface area contributed by atoms with Crippen molar-refractivity contribution in [1.82, 2.24) is 5.32 Å². The molecule has 0 spiro atoms. The highest BCUT2D eigenvalue weighted by atomic mass is 16.5. The highest BCUT2D eigenvalue weighted by Crippen LogP contribution is 2.12. The van der Waals surface area contributed by atoms with Gasteiger partial charge in [-0.25, -0.2) is 0 Å². The Morgan fingerprint density at radius 3 is 2.52 bits per heavy atom. The first-order valence-electron chi connectivity index (χ1n) is 9.51. The Labute approximate surface area is 170 Å². The van der Waals surface area contributed by atoms with Crippen LogP contribution in [0.4, 0.5) is 5.69 Å². The Balaban J connectivity index is 1.66. The lowest BCUT2D eigenvalue weighted by atomic mass is 10.2. The molecule has 2 rings (SSSR count). The predicted molar refractivity (Wildman–Crippen MR) is 110 cm³/mol. The molecular formula is C22H26N2O5. The molecule has 0 aliphatic carbocycles. The molecule has 2 aromatic carbocycles. The molecule has 7 nitrogen and oxygen atoms in total. The lowest BCUT2D eigenvalue weighted by Gasteiger charge is -2.09. The SMILES string of the molecule is CCNC(=O)c1cccc(NC(=O)COC(=O)CCCOc2ccc(C)cc2)c1. The van der Waals surface area contributed by atoms with Crippen LogP contribution in [-0.4, -0.2) is 37.5 Å². The zero-order valence-electron chi connectivity index (χ0n) is 16.7. The average Bonchev–Trinajstić information content (AvgIpc) is 2.71. The fraction of sp³-hybridized carbons (Fsp3) is 0.318. The minimum Gasteiger partial charge on any atom is -0.494 e. The Kier molecular flexibility index (Phi) is 8.69. The van der Waals surface area contributed by atoms with Crippen molar-refractivity contribution in [2.24, 2.45) is 0 Å². The third-order valence-electron chi connectivity index (χ3n) is 3.93. The summed E-state index contributed by atoms with van der Waals surface area (Å²) in [6.07, 6.45) is 0.648. The fourth-order valence-corrected chi connectivity index (χ4v) is 2.46. The lowest BCUT2D eigenvalue weighted by molar-refractivity contribution is -0.147. The van der Waals surface area contributed by atoms with E-state index in [0.29, 0.717) is 30.8 Å². The van der Waals surface area contributed by atoms with E-state index >= 15 is 0 Å². The molecule has 7 heteroatoms. The first-order chi connectivity index (χ1) is 14.0. The van der Waals surface area contributed by atoms with Gasteiger partial charge in [0.2, 0.25) is 0 Å². The van der Waals surface area contributed by atoms with Gasteiger partial charge in [-0.05, 0) is 50.6 Å². The topological polar surface area (TPSA) is 93.7 Å². The molecule has 29 heavy (non-hydrogen) atoms. The van der Waals surface area contributed by atoms with Gasteiger partial charge in [0.15, 0.2) is 6.61 Å². The first-order valence-corrected chi connectivity index (χ1v) is 9.51. The maximum atomic E-state index is 12.0. The van der Waals surface area contributed by atoms with Gasteiger partial charge >= 0.3 is 5.97 Å². The minimum atomic E-state index is -0.470. The second-order valence-electron chi connectivity index (χ2n) is 6.41. The van der Waals surface area contributed by atoms with Crippen LogP contribution in [0.5, 0.6) is 5.75 Å². The molecule has 0 heterocycles. The van der Waals surface area contributed by atoms with E-state index in [1.807, 2.05) is 38.1 Å². The molecule has 0 aromatic heterocycles. The van der Waals surface area contributed by atoms with Crippen LogP contribution in [0.2, 0.25) is 0 Å². The van der Waals surface area contributed by atoms with E-state index in [9.17, 15) is 14.4 Å². The summed E-state index contributed by atoms with van der Waals surface area (Å²) in [7, 11) is 0. The summed E-state index contributed by atoms with van der Waals surface area (Å²) in [5.41, 5.74) is 2.05. The van der Waals surface area contributed by atoms with E-state index in [0.717, 1.165) is 11.3 Å². The van der Waals surface area contributed by atoms with Crippen LogP contribution in [0.1, 0.15) is 35.7 Å². The van der Waals surface area contributed by atoms with E-state index in [2.05, 4.69) is 10.6 Å². The highest BCUT2D eigenvalue weighted by Gasteiger charge is 2.10. The standard InChI is InChI=1S/C22H26N2O5/c1-3-23-22(27)17-6-4-7-18(14-17)24-20(25)15-29-21(26)8-5-13-28-19-11-9-16(2)10-12-19/h4,6-7,9-12,14H,3,5,8,13,15H2,1-2H3,(H,23,27)(H,24,25). The van der Waals surface area contributed by atoms with E-state index < -0.39 is 11.9 Å². The molecule has 2 aromatic rings. The third-order valence-corrected chi connectivity index (χ3v) is 3.93. The molecule has 0 unspecified atom stereocenters. The van der Waals surface area contributed by atoms with Gasteiger partial charge < -0.3 is 20.1 Å². The molecule has 0 aliphatic rings. The number of hydrogen-bond acceptors (Lipinski definition) is 5. The Morgan fingerprint density at radius 1 is 1.03 bits per heavy atom. The second kappa shape index (κ2) is 11.5. The van der Waals surface area contributed by atoms with Crippen molar-refractivity contribution in [2.45, 2.75) is 26.7 Å². The van der Waals surface area contributed by atoms with E-state index in [-0.39, 0.29) is 18.9 Å². The number of amides is 2. The van der Waals surface area contributed by atoms with Crippen molar-refractivity contribution in [3.8, 4) is 5.75 Å². The molecule has 0 fully saturated rings. The van der Waals surface area contributed by atoms with E-state index in [1.165, 1.54) is 0 Å². The number of rotatable bonds is 10. The quantitative estimate of drug-likeness (QED) is 0.474. The van der Waals surface area contributed by atoms with Gasteiger partial charge in [0, 0.05) is 24.2 Å². The molecule has 2 N–H and O–H groups in total. The number of carbonyl (C=O) groups is 3. The van der Waals surface area contributed by atoms with E-state index in [1.54, 1.807) is 24.3 Å². The van der Waals surface area contributed by atoms with Gasteiger partial charge in [-0.15, -0.1) is 0 Å². The Hall–Kier alpha value is -3.35. The number of benzene rings is 2. The van der Waals surface area contributed by atoms with Gasteiger partial charge in [-0.3, -0.25) is 14.4 Å². The van der Waals surface area contributed by atoms with Crippen molar-refractivity contribution in [3.63, 3.8) is 0 Å². The average molecular weight is 398 g/mol. The molecule has 2 amide bonds. The Bertz CT molecular complexity index is 833. The van der Waals surface area contributed by atoms with Crippen LogP contribution in [0.15, 0.2) is 48.5 Å². The van der Waals surface area contributed by atoms with Crippen molar-refractivity contribution < 1.29 is 23.9 Å². The van der Waals surface area contributed by atoms with Gasteiger partial charge in [0.1, 0.15) is 5.75 Å². The predicted octanol–water partition coefficient (Wildman–Crippen LogP) is 3.09. The molecule has 0 saturated carbocycles. The first kappa shape index (κ1) is 21.9. The van der Waals surface area contributed by atoms with Gasteiger partial charge in [0.25, 0.3) is 11.8 Å². The number of aryl methyl sites for hydroxylation is 1. The fourth-order valence-electron chi connectivity index (χ4n) is 2.46. The summed E-state index contributed by atoms with van der Waals surface area (Å²) in [4.78, 5) is 35.5. The van der Waals surface area contributed by atoms with Crippen molar-refractivity contribution >= 4 is 23.5 Å². The lowest BCUT2D eigenvalue weighted by Crippen LogP contribution is -2.23. The van der Waals surface area contributed by atoms with Gasteiger partial charge in [-0.2, -0.15) is 0 Å². The molecule has 0 radical (unpaired) electrons. The summed E-state index contributed by atoms with van der Waals surface area (Å²) in [5, 5.41) is 5.30. The molecule has 0 atom stereocenters. The number of esters is 1. The molecule has 0 bridgehead atoms. The monoisotopic (exact) mass is 398 g/mol. The van der Waals surface area contributed by atoms with Crippen molar-refractivity contribution in [2.75, 3.05) is 25.1 Å². The number of ether oxygens (including phenoxy) is 2. The summed E-state index contributed by atoms with van der Waals surface area (Å²) >= 11 is 0. The van der Waals surface area contributed by atoms with Gasteiger partial charge in [0.05, 0.1) is 6.61 Å². The zero-order chi connectivity index (χ0) is 21.1. The second-order valence-corrected chi connectivity index (χ2v) is 6.41. The summed E-state index contributed by atoms with van der Waals surface area (Å²) in [6, 6.07) is 14.2. The van der Waals surface area contributed by atoms with Crippen LogP contribution in [0.3, 0.4) is 0 Å². The Morgan fingerprint density at radius 2 is 1.79 bits per heavy atom. The zero-order valence-corrected chi connectivity index (χ0v) is 16.7. The molecule has 0 aliphatic heterocycles. The largest absolute Gasteiger partial charge is 0.494 e. The third kappa shape index (κ3) is 8.04. The number of carbonyl (C=O) groups excluding carboxylic acids is 3. The summed E-state index contributed by atoms with van der Waals surface area (Å²) in [5.74, 6) is -0.410. The maximum Gasteiger partial charge on any atom is 0.306 e. The van der Waals surface area contributed by atoms with Gasteiger partial charge in [-0.1, -0.05) is 23.8 Å². The van der Waals surface area contributed by atoms with Crippen LogP contribution in [0, 0.1) is 6.92 Å². The summed E-state index contributed by atoms with van der Waals surface area (Å²) in [6.45, 7) is 4.34. The van der Waals surface area contributed by atoms with Crippen LogP contribution >= 0.6 is 0 Å².